The van der Waals surface area contributed by atoms with E-state index in [0.29, 0.717) is 5.82 Å². The molecule has 0 saturated heterocycles. The molecule has 0 aliphatic rings. The zero-order valence-corrected chi connectivity index (χ0v) is 30.5. The summed E-state index contributed by atoms with van der Waals surface area (Å²) in [6.45, 7) is 0. The smallest absolute Gasteiger partial charge is 0.161 e. The van der Waals surface area contributed by atoms with Crippen molar-refractivity contribution in [2.24, 2.45) is 0 Å². The molecule has 5 heteroatoms. The Morgan fingerprint density at radius 3 is 1.22 bits per heavy atom. The quantitative estimate of drug-likeness (QED) is 0.164. The lowest BCUT2D eigenvalue weighted by molar-refractivity contribution is 1.18. The first-order chi connectivity index (χ1) is 27.2. The van der Waals surface area contributed by atoms with Crippen LogP contribution in [0.25, 0.3) is 99.1 Å². The molecule has 4 nitrogen and oxygen atoms in total. The summed E-state index contributed by atoms with van der Waals surface area (Å²) in [5.41, 5.74) is 12.1. The van der Waals surface area contributed by atoms with Gasteiger partial charge in [-0.15, -0.1) is 11.3 Å². The topological polar surface area (TPSA) is 51.6 Å². The van der Waals surface area contributed by atoms with Crippen LogP contribution in [0.5, 0.6) is 0 Å². The van der Waals surface area contributed by atoms with E-state index in [2.05, 4.69) is 146 Å². The first-order valence-corrected chi connectivity index (χ1v) is 19.1. The first-order valence-electron chi connectivity index (χ1n) is 18.3. The van der Waals surface area contributed by atoms with Gasteiger partial charge in [0.25, 0.3) is 0 Å². The Morgan fingerprint density at radius 1 is 0.309 bits per heavy atom. The van der Waals surface area contributed by atoms with Crippen LogP contribution in [0.4, 0.5) is 0 Å². The van der Waals surface area contributed by atoms with Gasteiger partial charge in [0.05, 0.1) is 22.8 Å². The fourth-order valence-corrected chi connectivity index (χ4v) is 8.47. The monoisotopic (exact) mass is 720 g/mol. The molecule has 0 saturated carbocycles. The van der Waals surface area contributed by atoms with Crippen molar-refractivity contribution in [2.75, 3.05) is 0 Å². The van der Waals surface area contributed by atoms with Gasteiger partial charge in [-0.05, 0) is 35.4 Å². The van der Waals surface area contributed by atoms with E-state index >= 15 is 0 Å². The van der Waals surface area contributed by atoms with Gasteiger partial charge < -0.3 is 0 Å². The van der Waals surface area contributed by atoms with Crippen molar-refractivity contribution in [3.05, 3.63) is 194 Å². The Hall–Kier alpha value is -7.08. The molecule has 10 aromatic rings. The minimum absolute atomic E-state index is 0.697. The van der Waals surface area contributed by atoms with E-state index in [9.17, 15) is 0 Å². The highest BCUT2D eigenvalue weighted by Crippen LogP contribution is 2.44. The van der Waals surface area contributed by atoms with Crippen molar-refractivity contribution in [2.45, 2.75) is 0 Å². The highest BCUT2D eigenvalue weighted by molar-refractivity contribution is 7.26. The van der Waals surface area contributed by atoms with Crippen molar-refractivity contribution in [1.29, 1.82) is 0 Å². The van der Waals surface area contributed by atoms with Gasteiger partial charge in [-0.25, -0.2) is 19.9 Å². The highest BCUT2D eigenvalue weighted by atomic mass is 32.1. The maximum Gasteiger partial charge on any atom is 0.161 e. The largest absolute Gasteiger partial charge is 0.228 e. The molecule has 258 valence electrons. The summed E-state index contributed by atoms with van der Waals surface area (Å²) in [6, 6.07) is 67.2. The van der Waals surface area contributed by atoms with Gasteiger partial charge in [0.1, 0.15) is 0 Å². The lowest BCUT2D eigenvalue weighted by Crippen LogP contribution is -1.96. The van der Waals surface area contributed by atoms with Gasteiger partial charge in [-0.3, -0.25) is 0 Å². The van der Waals surface area contributed by atoms with E-state index in [4.69, 9.17) is 19.9 Å². The summed E-state index contributed by atoms with van der Waals surface area (Å²) in [4.78, 5) is 20.5. The molecule has 0 unspecified atom stereocenters. The molecule has 0 aliphatic carbocycles. The van der Waals surface area contributed by atoms with Gasteiger partial charge in [-0.2, -0.15) is 0 Å². The van der Waals surface area contributed by atoms with Crippen LogP contribution in [0.15, 0.2) is 194 Å². The number of hydrogen-bond acceptors (Lipinski definition) is 5. The zero-order chi connectivity index (χ0) is 36.6. The van der Waals surface area contributed by atoms with E-state index in [1.54, 1.807) is 11.3 Å². The Balaban J connectivity index is 1.08. The molecular formula is C50H32N4S. The average Bonchev–Trinajstić information content (AvgIpc) is 3.67. The van der Waals surface area contributed by atoms with E-state index in [1.807, 2.05) is 48.5 Å². The van der Waals surface area contributed by atoms with E-state index in [-0.39, 0.29) is 0 Å². The van der Waals surface area contributed by atoms with Crippen LogP contribution in [0.2, 0.25) is 0 Å². The Labute approximate surface area is 323 Å². The SMILES string of the molecule is c1ccc(-c2cc(-c3ccccc3)nc(-c3ccc(-c4cccc5sc6c(-c7nc(-c8ccccc8)cc(-c8ccccc8)n7)cccc6c45)cc3)n2)cc1. The number of hydrogen-bond donors (Lipinski definition) is 0. The van der Waals surface area contributed by atoms with Crippen molar-refractivity contribution in [3.8, 4) is 78.9 Å². The Morgan fingerprint density at radius 2 is 0.727 bits per heavy atom. The van der Waals surface area contributed by atoms with E-state index in [1.165, 1.54) is 25.7 Å². The van der Waals surface area contributed by atoms with E-state index in [0.717, 1.165) is 67.5 Å². The normalized spacial score (nSPS) is 11.3. The molecule has 0 bridgehead atoms. The van der Waals surface area contributed by atoms with Crippen LogP contribution in [0.3, 0.4) is 0 Å². The van der Waals surface area contributed by atoms with Gasteiger partial charge in [0.2, 0.25) is 0 Å². The number of fused-ring (bicyclic) bond motifs is 3. The van der Waals surface area contributed by atoms with E-state index < -0.39 is 0 Å². The summed E-state index contributed by atoms with van der Waals surface area (Å²) >= 11 is 1.79. The highest BCUT2D eigenvalue weighted by Gasteiger charge is 2.18. The molecule has 10 rings (SSSR count). The summed E-state index contributed by atoms with van der Waals surface area (Å²) < 4.78 is 2.39. The van der Waals surface area contributed by atoms with Crippen molar-refractivity contribution in [3.63, 3.8) is 0 Å². The molecule has 3 aromatic heterocycles. The fourth-order valence-electron chi connectivity index (χ4n) is 7.23. The molecule has 0 radical (unpaired) electrons. The van der Waals surface area contributed by atoms with Gasteiger partial charge in [0.15, 0.2) is 11.6 Å². The lowest BCUT2D eigenvalue weighted by atomic mass is 9.97. The predicted molar refractivity (Wildman–Crippen MR) is 229 cm³/mol. The standard InChI is InChI=1S/C50H32N4S/c1-5-15-34(16-6-1)42-31-43(35-17-7-2-8-18-35)52-49(51-42)38-29-27-33(28-30-38)39-23-14-26-46-47(39)40-24-13-25-41(48(40)55-46)50-53-44(36-19-9-3-10-20-36)32-45(54-50)37-21-11-4-12-22-37/h1-32H. The van der Waals surface area contributed by atoms with Gasteiger partial charge >= 0.3 is 0 Å². The molecule has 0 N–H and O–H groups in total. The molecule has 0 spiro atoms. The summed E-state index contributed by atoms with van der Waals surface area (Å²) in [6.07, 6.45) is 0. The second-order valence-electron chi connectivity index (χ2n) is 13.4. The van der Waals surface area contributed by atoms with Crippen LogP contribution < -0.4 is 0 Å². The molecular weight excluding hydrogens is 689 g/mol. The molecule has 7 aromatic carbocycles. The number of benzene rings is 7. The number of nitrogens with zero attached hydrogens (tertiary/aromatic N) is 4. The van der Waals surface area contributed by atoms with Crippen LogP contribution in [0.1, 0.15) is 0 Å². The fraction of sp³-hybridized carbons (Fsp3) is 0. The third-order valence-electron chi connectivity index (χ3n) is 9.95. The minimum atomic E-state index is 0.697. The molecule has 3 heterocycles. The second kappa shape index (κ2) is 14.0. The third-order valence-corrected chi connectivity index (χ3v) is 11.2. The van der Waals surface area contributed by atoms with Crippen LogP contribution in [-0.4, -0.2) is 19.9 Å². The van der Waals surface area contributed by atoms with Crippen molar-refractivity contribution < 1.29 is 0 Å². The summed E-state index contributed by atoms with van der Waals surface area (Å²) in [5.74, 6) is 1.42. The maximum absolute atomic E-state index is 5.17. The molecule has 55 heavy (non-hydrogen) atoms. The van der Waals surface area contributed by atoms with Crippen LogP contribution >= 0.6 is 11.3 Å². The van der Waals surface area contributed by atoms with Crippen LogP contribution in [-0.2, 0) is 0 Å². The summed E-state index contributed by atoms with van der Waals surface area (Å²) in [5, 5.41) is 2.42. The van der Waals surface area contributed by atoms with Crippen LogP contribution in [0, 0.1) is 0 Å². The summed E-state index contributed by atoms with van der Waals surface area (Å²) in [7, 11) is 0. The number of thiophene rings is 1. The molecule has 0 atom stereocenters. The van der Waals surface area contributed by atoms with Crippen molar-refractivity contribution >= 4 is 31.5 Å². The maximum atomic E-state index is 5.17. The molecule has 0 amide bonds. The lowest BCUT2D eigenvalue weighted by Gasteiger charge is -2.11. The first kappa shape index (κ1) is 32.6. The number of aromatic nitrogens is 4. The second-order valence-corrected chi connectivity index (χ2v) is 14.5. The Kier molecular flexibility index (Phi) is 8.32. The van der Waals surface area contributed by atoms with Gasteiger partial charge in [0, 0.05) is 53.6 Å². The Bertz CT molecular complexity index is 2830. The van der Waals surface area contributed by atoms with Gasteiger partial charge in [-0.1, -0.05) is 170 Å². The average molecular weight is 721 g/mol. The number of rotatable bonds is 7. The molecule has 0 fully saturated rings. The van der Waals surface area contributed by atoms with Crippen molar-refractivity contribution in [1.82, 2.24) is 19.9 Å². The molecule has 0 aliphatic heterocycles. The third kappa shape index (κ3) is 6.27. The minimum Gasteiger partial charge on any atom is -0.228 e. The zero-order valence-electron chi connectivity index (χ0n) is 29.7. The predicted octanol–water partition coefficient (Wildman–Crippen LogP) is 13.3.